The monoisotopic (exact) mass is 311 g/mol. The van der Waals surface area contributed by atoms with Crippen LogP contribution in [-0.4, -0.2) is 32.0 Å². The van der Waals surface area contributed by atoms with Gasteiger partial charge < -0.3 is 10.4 Å². The molecule has 0 spiro atoms. The summed E-state index contributed by atoms with van der Waals surface area (Å²) >= 11 is 0. The van der Waals surface area contributed by atoms with Crippen molar-refractivity contribution in [2.45, 2.75) is 30.6 Å². The fourth-order valence-corrected chi connectivity index (χ4v) is 3.11. The Hall–Kier alpha value is -2.09. The minimum Gasteiger partial charge on any atom is -0.481 e. The van der Waals surface area contributed by atoms with Gasteiger partial charge in [-0.3, -0.25) is 9.79 Å². The predicted octanol–water partition coefficient (Wildman–Crippen LogP) is 1.39. The van der Waals surface area contributed by atoms with Gasteiger partial charge in [0.25, 0.3) is 10.0 Å². The van der Waals surface area contributed by atoms with Crippen LogP contribution >= 0.6 is 0 Å². The average molecular weight is 311 g/mol. The summed E-state index contributed by atoms with van der Waals surface area (Å²) in [6, 6.07) is 6.60. The molecular formula is C13H17N3O4S. The maximum atomic E-state index is 12.0. The van der Waals surface area contributed by atoms with Crippen molar-refractivity contribution in [2.24, 2.45) is 4.99 Å². The van der Waals surface area contributed by atoms with Crippen molar-refractivity contribution in [3.63, 3.8) is 0 Å². The summed E-state index contributed by atoms with van der Waals surface area (Å²) in [5.74, 6) is -0.605. The molecule has 0 radical (unpaired) electrons. The number of anilines is 1. The Morgan fingerprint density at radius 1 is 1.19 bits per heavy atom. The number of nitrogens with one attached hydrogen (secondary N) is 2. The lowest BCUT2D eigenvalue weighted by atomic mass is 10.2. The molecule has 2 rings (SSSR count). The van der Waals surface area contributed by atoms with Gasteiger partial charge in [-0.1, -0.05) is 18.6 Å². The van der Waals surface area contributed by atoms with Crippen molar-refractivity contribution < 1.29 is 18.3 Å². The first-order valence-corrected chi connectivity index (χ1v) is 8.12. The molecule has 0 amide bonds. The quantitative estimate of drug-likeness (QED) is 0.688. The highest BCUT2D eigenvalue weighted by atomic mass is 32.2. The molecule has 0 fully saturated rings. The van der Waals surface area contributed by atoms with Crippen LogP contribution in [0.15, 0.2) is 34.2 Å². The maximum absolute atomic E-state index is 12.0. The first kappa shape index (κ1) is 15.3. The summed E-state index contributed by atoms with van der Waals surface area (Å²) in [6.07, 6.45) is 2.20. The Balaban J connectivity index is 1.91. The highest BCUT2D eigenvalue weighted by molar-refractivity contribution is 7.90. The molecule has 114 valence electrons. The first-order chi connectivity index (χ1) is 9.99. The van der Waals surface area contributed by atoms with Gasteiger partial charge in [0.2, 0.25) is 5.96 Å². The number of nitrogens with zero attached hydrogens (tertiary/aromatic N) is 1. The molecule has 21 heavy (non-hydrogen) atoms. The van der Waals surface area contributed by atoms with Crippen LogP contribution in [0.3, 0.4) is 0 Å². The number of carbonyl (C=O) groups is 1. The molecule has 0 aliphatic carbocycles. The van der Waals surface area contributed by atoms with Crippen LogP contribution in [0.2, 0.25) is 0 Å². The third kappa shape index (κ3) is 4.19. The van der Waals surface area contributed by atoms with Crippen LogP contribution in [-0.2, 0) is 14.8 Å². The summed E-state index contributed by atoms with van der Waals surface area (Å²) in [6.45, 7) is 0.437. The van der Waals surface area contributed by atoms with Crippen LogP contribution in [0.25, 0.3) is 0 Å². The topological polar surface area (TPSA) is 108 Å². The fraction of sp³-hybridized carbons (Fsp3) is 0.385. The number of carboxylic acids is 1. The van der Waals surface area contributed by atoms with E-state index in [2.05, 4.69) is 15.0 Å². The number of unbranched alkanes of at least 4 members (excludes halogenated alkanes) is 2. The van der Waals surface area contributed by atoms with Gasteiger partial charge in [-0.05, 0) is 25.0 Å². The zero-order chi connectivity index (χ0) is 15.3. The van der Waals surface area contributed by atoms with Crippen molar-refractivity contribution >= 4 is 27.6 Å². The van der Waals surface area contributed by atoms with Gasteiger partial charge in [0.15, 0.2) is 0 Å². The minimum atomic E-state index is -3.57. The maximum Gasteiger partial charge on any atom is 0.303 e. The third-order valence-electron chi connectivity index (χ3n) is 2.98. The molecule has 0 atom stereocenters. The molecule has 0 saturated carbocycles. The summed E-state index contributed by atoms with van der Waals surface area (Å²) in [5, 5.41) is 11.4. The van der Waals surface area contributed by atoms with E-state index < -0.39 is 16.0 Å². The SMILES string of the molecule is O=C(O)CCCCCN=C1Nc2ccccc2S(=O)(=O)N1. The lowest BCUT2D eigenvalue weighted by Gasteiger charge is -2.21. The van der Waals surface area contributed by atoms with E-state index in [9.17, 15) is 13.2 Å². The summed E-state index contributed by atoms with van der Waals surface area (Å²) in [5.41, 5.74) is 0.501. The zero-order valence-corrected chi connectivity index (χ0v) is 12.2. The number of hydrogen-bond donors (Lipinski definition) is 3. The molecule has 0 aromatic heterocycles. The molecule has 1 aromatic carbocycles. The molecule has 8 heteroatoms. The van der Waals surface area contributed by atoms with E-state index in [1.807, 2.05) is 0 Å². The van der Waals surface area contributed by atoms with E-state index in [0.717, 1.165) is 6.42 Å². The molecule has 7 nitrogen and oxygen atoms in total. The standard InChI is InChI=1S/C13H17N3O4S/c17-12(18)8-2-1-5-9-14-13-15-10-6-3-4-7-11(10)21(19,20)16-13/h3-4,6-7H,1-2,5,8-9H2,(H,17,18)(H2,14,15,16). The Bertz CT molecular complexity index is 655. The van der Waals surface area contributed by atoms with Gasteiger partial charge in [0.1, 0.15) is 4.90 Å². The molecule has 0 bridgehead atoms. The number of guanidine groups is 1. The Kier molecular flexibility index (Phi) is 4.79. The predicted molar refractivity (Wildman–Crippen MR) is 78.8 cm³/mol. The fourth-order valence-electron chi connectivity index (χ4n) is 1.97. The number of fused-ring (bicyclic) bond motifs is 1. The number of sulfonamides is 1. The normalized spacial score (nSPS) is 17.6. The van der Waals surface area contributed by atoms with E-state index in [1.165, 1.54) is 6.07 Å². The first-order valence-electron chi connectivity index (χ1n) is 6.64. The van der Waals surface area contributed by atoms with Gasteiger partial charge in [-0.25, -0.2) is 13.1 Å². The number of rotatable bonds is 6. The molecule has 1 aromatic rings. The van der Waals surface area contributed by atoms with Crippen molar-refractivity contribution in [1.82, 2.24) is 4.72 Å². The number of aliphatic carboxylic acids is 1. The third-order valence-corrected chi connectivity index (χ3v) is 4.38. The lowest BCUT2D eigenvalue weighted by molar-refractivity contribution is -0.137. The Morgan fingerprint density at radius 2 is 1.95 bits per heavy atom. The average Bonchev–Trinajstić information content (AvgIpc) is 2.42. The molecule has 3 N–H and O–H groups in total. The molecule has 1 aliphatic rings. The van der Waals surface area contributed by atoms with Crippen LogP contribution < -0.4 is 10.0 Å². The van der Waals surface area contributed by atoms with Crippen LogP contribution in [0, 0.1) is 0 Å². The van der Waals surface area contributed by atoms with E-state index in [1.54, 1.807) is 18.2 Å². The highest BCUT2D eigenvalue weighted by Gasteiger charge is 2.25. The van der Waals surface area contributed by atoms with Crippen molar-refractivity contribution in [3.05, 3.63) is 24.3 Å². The Morgan fingerprint density at radius 3 is 2.71 bits per heavy atom. The lowest BCUT2D eigenvalue weighted by Crippen LogP contribution is -2.40. The molecular weight excluding hydrogens is 294 g/mol. The molecule has 0 unspecified atom stereocenters. The number of para-hydroxylation sites is 1. The van der Waals surface area contributed by atoms with Crippen molar-refractivity contribution in [1.29, 1.82) is 0 Å². The minimum absolute atomic E-state index is 0.148. The van der Waals surface area contributed by atoms with E-state index in [0.29, 0.717) is 25.1 Å². The second-order valence-corrected chi connectivity index (χ2v) is 6.31. The largest absolute Gasteiger partial charge is 0.481 e. The van der Waals surface area contributed by atoms with E-state index in [4.69, 9.17) is 5.11 Å². The van der Waals surface area contributed by atoms with Crippen LogP contribution in [0.4, 0.5) is 5.69 Å². The smallest absolute Gasteiger partial charge is 0.303 e. The second kappa shape index (κ2) is 6.57. The number of hydrogen-bond acceptors (Lipinski definition) is 4. The van der Waals surface area contributed by atoms with Crippen LogP contribution in [0.5, 0.6) is 0 Å². The molecule has 1 heterocycles. The summed E-state index contributed by atoms with van der Waals surface area (Å²) in [7, 11) is -3.57. The summed E-state index contributed by atoms with van der Waals surface area (Å²) in [4.78, 5) is 14.7. The van der Waals surface area contributed by atoms with E-state index >= 15 is 0 Å². The van der Waals surface area contributed by atoms with Crippen LogP contribution in [0.1, 0.15) is 25.7 Å². The Labute approximate surface area is 123 Å². The van der Waals surface area contributed by atoms with E-state index in [-0.39, 0.29) is 17.3 Å². The van der Waals surface area contributed by atoms with Gasteiger partial charge in [-0.15, -0.1) is 0 Å². The molecule has 1 aliphatic heterocycles. The number of carboxylic acid groups (broad SMARTS) is 1. The number of aliphatic imine (C=N–C) groups is 1. The number of benzene rings is 1. The second-order valence-electron chi connectivity index (χ2n) is 4.66. The van der Waals surface area contributed by atoms with Gasteiger partial charge >= 0.3 is 5.97 Å². The summed E-state index contributed by atoms with van der Waals surface area (Å²) < 4.78 is 26.4. The van der Waals surface area contributed by atoms with Gasteiger partial charge in [0, 0.05) is 13.0 Å². The zero-order valence-electron chi connectivity index (χ0n) is 11.4. The highest BCUT2D eigenvalue weighted by Crippen LogP contribution is 2.23. The van der Waals surface area contributed by atoms with Gasteiger partial charge in [0.05, 0.1) is 5.69 Å². The van der Waals surface area contributed by atoms with Crippen molar-refractivity contribution in [2.75, 3.05) is 11.9 Å². The van der Waals surface area contributed by atoms with Crippen molar-refractivity contribution in [3.8, 4) is 0 Å². The molecule has 0 saturated heterocycles. The van der Waals surface area contributed by atoms with Gasteiger partial charge in [-0.2, -0.15) is 0 Å².